The zero-order valence-corrected chi connectivity index (χ0v) is 15.9. The number of amides is 3. The van der Waals surface area contributed by atoms with E-state index in [0.717, 1.165) is 0 Å². The quantitative estimate of drug-likeness (QED) is 0.709. The number of rotatable bonds is 7. The molecule has 3 amide bonds. The van der Waals surface area contributed by atoms with E-state index in [1.54, 1.807) is 43.3 Å². The molecule has 2 aromatic rings. The molecule has 0 saturated heterocycles. The Kier molecular flexibility index (Phi) is 7.38. The number of benzene rings is 2. The fourth-order valence-electron chi connectivity index (χ4n) is 2.39. The van der Waals surface area contributed by atoms with Crippen molar-refractivity contribution in [3.8, 4) is 11.5 Å². The van der Waals surface area contributed by atoms with Crippen LogP contribution in [-0.2, 0) is 9.53 Å². The van der Waals surface area contributed by atoms with Crippen LogP contribution in [0.4, 0.5) is 4.79 Å². The maximum atomic E-state index is 12.6. The van der Waals surface area contributed by atoms with E-state index in [2.05, 4.69) is 10.6 Å². The van der Waals surface area contributed by atoms with Crippen molar-refractivity contribution < 1.29 is 28.6 Å². The first kappa shape index (κ1) is 20.8. The van der Waals surface area contributed by atoms with Crippen LogP contribution in [-0.4, -0.2) is 38.7 Å². The van der Waals surface area contributed by atoms with E-state index in [9.17, 15) is 14.4 Å². The van der Waals surface area contributed by atoms with Crippen LogP contribution in [0.1, 0.15) is 28.9 Å². The highest BCUT2D eigenvalue weighted by Gasteiger charge is 2.27. The van der Waals surface area contributed by atoms with E-state index in [-0.39, 0.29) is 5.56 Å². The molecule has 0 aliphatic rings. The SMILES string of the molecule is CCOc1cc(C(=O)O[C@H](C(=O)NC(=O)NC)c2ccccc2)ccc1OC. The lowest BCUT2D eigenvalue weighted by atomic mass is 10.1. The van der Waals surface area contributed by atoms with Crippen LogP contribution in [0.15, 0.2) is 48.5 Å². The van der Waals surface area contributed by atoms with Gasteiger partial charge in [0, 0.05) is 12.6 Å². The lowest BCUT2D eigenvalue weighted by Crippen LogP contribution is -2.41. The Labute approximate surface area is 162 Å². The molecule has 0 aliphatic carbocycles. The molecule has 0 spiro atoms. The lowest BCUT2D eigenvalue weighted by Gasteiger charge is -2.18. The van der Waals surface area contributed by atoms with E-state index in [1.165, 1.54) is 26.3 Å². The van der Waals surface area contributed by atoms with Crippen LogP contribution in [0.2, 0.25) is 0 Å². The van der Waals surface area contributed by atoms with Gasteiger partial charge in [0.05, 0.1) is 19.3 Å². The second kappa shape index (κ2) is 9.96. The van der Waals surface area contributed by atoms with E-state index in [4.69, 9.17) is 14.2 Å². The molecule has 0 saturated carbocycles. The van der Waals surface area contributed by atoms with Gasteiger partial charge in [0.2, 0.25) is 6.10 Å². The summed E-state index contributed by atoms with van der Waals surface area (Å²) in [5.41, 5.74) is 0.605. The summed E-state index contributed by atoms with van der Waals surface area (Å²) in [6.45, 7) is 2.19. The van der Waals surface area contributed by atoms with Crippen molar-refractivity contribution in [2.75, 3.05) is 20.8 Å². The van der Waals surface area contributed by atoms with Gasteiger partial charge in [-0.1, -0.05) is 30.3 Å². The zero-order chi connectivity index (χ0) is 20.5. The summed E-state index contributed by atoms with van der Waals surface area (Å²) in [6, 6.07) is 12.3. The molecule has 8 heteroatoms. The Morgan fingerprint density at radius 1 is 1.04 bits per heavy atom. The number of urea groups is 1. The highest BCUT2D eigenvalue weighted by molar-refractivity contribution is 5.99. The predicted molar refractivity (Wildman–Crippen MR) is 101 cm³/mol. The molecule has 148 valence electrons. The number of methoxy groups -OCH3 is 1. The lowest BCUT2D eigenvalue weighted by molar-refractivity contribution is -0.129. The number of hydrogen-bond acceptors (Lipinski definition) is 6. The Morgan fingerprint density at radius 2 is 1.75 bits per heavy atom. The van der Waals surface area contributed by atoms with Gasteiger partial charge < -0.3 is 19.5 Å². The standard InChI is InChI=1S/C20H22N2O6/c1-4-27-16-12-14(10-11-15(16)26-3)19(24)28-17(13-8-6-5-7-9-13)18(23)22-20(25)21-2/h5-12,17H,4H2,1-3H3,(H2,21,22,23,25)/t17-/m0/s1. The molecule has 28 heavy (non-hydrogen) atoms. The summed E-state index contributed by atoms with van der Waals surface area (Å²) in [5, 5.41) is 4.40. The third kappa shape index (κ3) is 5.23. The smallest absolute Gasteiger partial charge is 0.339 e. The van der Waals surface area contributed by atoms with Gasteiger partial charge in [-0.05, 0) is 25.1 Å². The number of carbonyl (C=O) groups excluding carboxylic acids is 3. The molecule has 0 aromatic heterocycles. The monoisotopic (exact) mass is 386 g/mol. The second-order valence-corrected chi connectivity index (χ2v) is 5.56. The zero-order valence-electron chi connectivity index (χ0n) is 15.9. The Balaban J connectivity index is 2.28. The van der Waals surface area contributed by atoms with Crippen LogP contribution in [0.3, 0.4) is 0 Å². The third-order valence-corrected chi connectivity index (χ3v) is 3.73. The van der Waals surface area contributed by atoms with Crippen molar-refractivity contribution >= 4 is 17.9 Å². The van der Waals surface area contributed by atoms with Gasteiger partial charge in [-0.2, -0.15) is 0 Å². The number of ether oxygens (including phenoxy) is 3. The summed E-state index contributed by atoms with van der Waals surface area (Å²) < 4.78 is 16.1. The van der Waals surface area contributed by atoms with Crippen molar-refractivity contribution in [1.29, 1.82) is 0 Å². The minimum atomic E-state index is -1.30. The minimum absolute atomic E-state index is 0.179. The molecule has 2 aromatic carbocycles. The van der Waals surface area contributed by atoms with Crippen molar-refractivity contribution in [2.45, 2.75) is 13.0 Å². The van der Waals surface area contributed by atoms with Crippen LogP contribution in [0.5, 0.6) is 11.5 Å². The highest BCUT2D eigenvalue weighted by atomic mass is 16.5. The Morgan fingerprint density at radius 3 is 2.36 bits per heavy atom. The predicted octanol–water partition coefficient (Wildman–Crippen LogP) is 2.45. The van der Waals surface area contributed by atoms with E-state index in [1.807, 2.05) is 0 Å². The summed E-state index contributed by atoms with van der Waals surface area (Å²) in [6.07, 6.45) is -1.30. The van der Waals surface area contributed by atoms with Gasteiger partial charge in [-0.25, -0.2) is 9.59 Å². The largest absolute Gasteiger partial charge is 0.493 e. The molecular weight excluding hydrogens is 364 g/mol. The molecule has 0 bridgehead atoms. The number of hydrogen-bond donors (Lipinski definition) is 2. The second-order valence-electron chi connectivity index (χ2n) is 5.56. The average Bonchev–Trinajstić information content (AvgIpc) is 2.72. The van der Waals surface area contributed by atoms with Gasteiger partial charge >= 0.3 is 12.0 Å². The van der Waals surface area contributed by atoms with E-state index in [0.29, 0.717) is 23.7 Å². The molecule has 0 unspecified atom stereocenters. The summed E-state index contributed by atoms with van der Waals surface area (Å²) in [5.74, 6) is -0.664. The number of imide groups is 1. The van der Waals surface area contributed by atoms with Crippen molar-refractivity contribution in [1.82, 2.24) is 10.6 Å². The number of carbonyl (C=O) groups is 3. The molecule has 0 fully saturated rings. The van der Waals surface area contributed by atoms with Crippen LogP contribution in [0, 0.1) is 0 Å². The molecule has 8 nitrogen and oxygen atoms in total. The Bertz CT molecular complexity index is 838. The first-order valence-corrected chi connectivity index (χ1v) is 8.59. The summed E-state index contributed by atoms with van der Waals surface area (Å²) in [7, 11) is 2.86. The fraction of sp³-hybridized carbons (Fsp3) is 0.250. The normalized spacial score (nSPS) is 11.1. The highest BCUT2D eigenvalue weighted by Crippen LogP contribution is 2.29. The van der Waals surface area contributed by atoms with Crippen molar-refractivity contribution in [3.05, 3.63) is 59.7 Å². The minimum Gasteiger partial charge on any atom is -0.493 e. The molecule has 2 rings (SSSR count). The topological polar surface area (TPSA) is 103 Å². The van der Waals surface area contributed by atoms with Gasteiger partial charge in [0.25, 0.3) is 5.91 Å². The third-order valence-electron chi connectivity index (χ3n) is 3.73. The molecule has 0 aliphatic heterocycles. The molecule has 2 N–H and O–H groups in total. The number of nitrogens with one attached hydrogen (secondary N) is 2. The Hall–Kier alpha value is -3.55. The number of esters is 1. The first-order chi connectivity index (χ1) is 13.5. The van der Waals surface area contributed by atoms with E-state index < -0.39 is 24.0 Å². The van der Waals surface area contributed by atoms with Gasteiger partial charge in [-0.15, -0.1) is 0 Å². The summed E-state index contributed by atoms with van der Waals surface area (Å²) in [4.78, 5) is 36.6. The van der Waals surface area contributed by atoms with Gasteiger partial charge in [0.1, 0.15) is 0 Å². The van der Waals surface area contributed by atoms with Crippen LogP contribution < -0.4 is 20.1 Å². The van der Waals surface area contributed by atoms with Gasteiger partial charge in [0.15, 0.2) is 11.5 Å². The van der Waals surface area contributed by atoms with Crippen LogP contribution in [0.25, 0.3) is 0 Å². The van der Waals surface area contributed by atoms with Crippen molar-refractivity contribution in [2.24, 2.45) is 0 Å². The summed E-state index contributed by atoms with van der Waals surface area (Å²) >= 11 is 0. The molecule has 1 atom stereocenters. The van der Waals surface area contributed by atoms with Crippen molar-refractivity contribution in [3.63, 3.8) is 0 Å². The fourth-order valence-corrected chi connectivity index (χ4v) is 2.39. The maximum absolute atomic E-state index is 12.6. The average molecular weight is 386 g/mol. The molecule has 0 heterocycles. The van der Waals surface area contributed by atoms with Gasteiger partial charge in [-0.3, -0.25) is 10.1 Å². The first-order valence-electron chi connectivity index (χ1n) is 8.59. The van der Waals surface area contributed by atoms with Crippen LogP contribution >= 0.6 is 0 Å². The molecular formula is C20H22N2O6. The maximum Gasteiger partial charge on any atom is 0.339 e. The van der Waals surface area contributed by atoms with E-state index >= 15 is 0 Å². The molecule has 0 radical (unpaired) electrons.